The predicted octanol–water partition coefficient (Wildman–Crippen LogP) is 3.46. The van der Waals surface area contributed by atoms with E-state index < -0.39 is 6.10 Å². The first-order chi connectivity index (χ1) is 17.3. The summed E-state index contributed by atoms with van der Waals surface area (Å²) in [5, 5.41) is 15.3. The number of nitrogens with one attached hydrogen (secondary N) is 2. The van der Waals surface area contributed by atoms with Crippen LogP contribution in [0.3, 0.4) is 0 Å². The van der Waals surface area contributed by atoms with Gasteiger partial charge in [0, 0.05) is 60.4 Å². The topological polar surface area (TPSA) is 97.4 Å². The molecular weight excluding hydrogens is 452 g/mol. The number of aromatic nitrogens is 3. The number of aromatic amines is 1. The van der Waals surface area contributed by atoms with Crippen LogP contribution in [0.15, 0.2) is 36.8 Å². The first-order valence-electron chi connectivity index (χ1n) is 13.2. The number of hydrogen-bond acceptors (Lipinski definition) is 6. The lowest BCUT2D eigenvalue weighted by Gasteiger charge is -2.39. The minimum Gasteiger partial charge on any atom is -0.387 e. The number of anilines is 1. The van der Waals surface area contributed by atoms with Crippen LogP contribution in [-0.4, -0.2) is 68.6 Å². The zero-order chi connectivity index (χ0) is 25.0. The smallest absolute Gasteiger partial charge is 0.231 e. The van der Waals surface area contributed by atoms with Crippen molar-refractivity contribution in [3.63, 3.8) is 0 Å². The number of aliphatic hydroxyl groups excluding tert-OH is 1. The number of carbonyl (C=O) groups excluding carboxylic acids is 1. The lowest BCUT2D eigenvalue weighted by atomic mass is 9.88. The number of aliphatic hydroxyl groups is 1. The van der Waals surface area contributed by atoms with Gasteiger partial charge in [0.25, 0.3) is 0 Å². The molecule has 3 aromatic rings. The highest BCUT2D eigenvalue weighted by molar-refractivity contribution is 5.93. The Labute approximate surface area is 212 Å². The van der Waals surface area contributed by atoms with Gasteiger partial charge in [-0.25, -0.2) is 9.97 Å². The van der Waals surface area contributed by atoms with Crippen LogP contribution in [0, 0.1) is 0 Å². The van der Waals surface area contributed by atoms with E-state index in [1.54, 1.807) is 6.33 Å². The Hall–Kier alpha value is -2.97. The molecule has 0 radical (unpaired) electrons. The number of amides is 1. The van der Waals surface area contributed by atoms with E-state index >= 15 is 0 Å². The molecule has 1 aliphatic carbocycles. The lowest BCUT2D eigenvalue weighted by Crippen LogP contribution is -2.53. The zero-order valence-corrected chi connectivity index (χ0v) is 21.4. The van der Waals surface area contributed by atoms with E-state index in [0.29, 0.717) is 19.5 Å². The van der Waals surface area contributed by atoms with Crippen LogP contribution in [0.2, 0.25) is 0 Å². The average Bonchev–Trinajstić information content (AvgIpc) is 3.55. The van der Waals surface area contributed by atoms with Gasteiger partial charge in [0.05, 0.1) is 17.7 Å². The van der Waals surface area contributed by atoms with Crippen molar-refractivity contribution >= 4 is 22.6 Å². The molecule has 2 aliphatic heterocycles. The molecule has 2 aromatic heterocycles. The van der Waals surface area contributed by atoms with Crippen molar-refractivity contribution < 1.29 is 9.90 Å². The van der Waals surface area contributed by atoms with Crippen molar-refractivity contribution in [1.82, 2.24) is 25.2 Å². The maximum atomic E-state index is 14.2. The molecule has 0 unspecified atom stereocenters. The molecule has 1 amide bonds. The van der Waals surface area contributed by atoms with Crippen LogP contribution in [0.25, 0.3) is 10.9 Å². The minimum atomic E-state index is -0.514. The lowest BCUT2D eigenvalue weighted by molar-refractivity contribution is -0.133. The van der Waals surface area contributed by atoms with Gasteiger partial charge in [-0.2, -0.15) is 0 Å². The van der Waals surface area contributed by atoms with Crippen molar-refractivity contribution in [2.45, 2.75) is 69.6 Å². The molecule has 8 nitrogen and oxygen atoms in total. The largest absolute Gasteiger partial charge is 0.387 e. The van der Waals surface area contributed by atoms with Gasteiger partial charge >= 0.3 is 0 Å². The Morgan fingerprint density at radius 2 is 1.94 bits per heavy atom. The third kappa shape index (κ3) is 3.96. The molecule has 1 aromatic carbocycles. The van der Waals surface area contributed by atoms with Crippen LogP contribution in [0.5, 0.6) is 0 Å². The van der Waals surface area contributed by atoms with E-state index in [4.69, 9.17) is 0 Å². The van der Waals surface area contributed by atoms with Crippen molar-refractivity contribution in [1.29, 1.82) is 0 Å². The van der Waals surface area contributed by atoms with Gasteiger partial charge in [0.1, 0.15) is 12.1 Å². The normalized spacial score (nSPS) is 26.4. The molecule has 6 rings (SSSR count). The Morgan fingerprint density at radius 3 is 2.69 bits per heavy atom. The molecule has 3 aliphatic rings. The van der Waals surface area contributed by atoms with Crippen LogP contribution < -0.4 is 10.2 Å². The Morgan fingerprint density at radius 1 is 1.17 bits per heavy atom. The second kappa shape index (κ2) is 8.85. The summed E-state index contributed by atoms with van der Waals surface area (Å²) in [5.41, 5.74) is 4.02. The van der Waals surface area contributed by atoms with Crippen LogP contribution in [0.4, 0.5) is 5.82 Å². The summed E-state index contributed by atoms with van der Waals surface area (Å²) < 4.78 is 0. The molecule has 0 saturated carbocycles. The van der Waals surface area contributed by atoms with Gasteiger partial charge in [0.2, 0.25) is 5.91 Å². The zero-order valence-electron chi connectivity index (χ0n) is 21.4. The van der Waals surface area contributed by atoms with Gasteiger partial charge < -0.3 is 25.2 Å². The molecular formula is C28H36N6O2. The molecule has 0 spiro atoms. The first-order valence-corrected chi connectivity index (χ1v) is 13.2. The van der Waals surface area contributed by atoms with E-state index in [2.05, 4.69) is 58.1 Å². The number of para-hydroxylation sites is 1. The number of rotatable bonds is 4. The van der Waals surface area contributed by atoms with Gasteiger partial charge in [-0.15, -0.1) is 0 Å². The number of fused-ring (bicyclic) bond motifs is 2. The van der Waals surface area contributed by atoms with Gasteiger partial charge in [-0.1, -0.05) is 25.1 Å². The average molecular weight is 489 g/mol. The van der Waals surface area contributed by atoms with E-state index in [1.165, 1.54) is 0 Å². The van der Waals surface area contributed by atoms with E-state index in [9.17, 15) is 9.90 Å². The van der Waals surface area contributed by atoms with Crippen molar-refractivity contribution in [3.8, 4) is 0 Å². The fraction of sp³-hybridized carbons (Fsp3) is 0.536. The van der Waals surface area contributed by atoms with Crippen molar-refractivity contribution in [2.75, 3.05) is 31.1 Å². The van der Waals surface area contributed by atoms with Gasteiger partial charge in [-0.3, -0.25) is 4.79 Å². The number of carbonyl (C=O) groups is 1. The minimum absolute atomic E-state index is 0.0304. The Kier molecular flexibility index (Phi) is 5.76. The molecule has 8 heteroatoms. The number of hydrogen-bond donors (Lipinski definition) is 3. The van der Waals surface area contributed by atoms with Gasteiger partial charge in [0.15, 0.2) is 0 Å². The summed E-state index contributed by atoms with van der Waals surface area (Å²) in [6.45, 7) is 9.34. The number of nitrogens with zero attached hydrogens (tertiary/aromatic N) is 4. The summed E-state index contributed by atoms with van der Waals surface area (Å²) in [6.07, 6.45) is 5.81. The molecule has 0 bridgehead atoms. The Bertz CT molecular complexity index is 1280. The second-order valence-electron chi connectivity index (χ2n) is 11.4. The van der Waals surface area contributed by atoms with Crippen LogP contribution in [-0.2, 0) is 4.79 Å². The third-order valence-corrected chi connectivity index (χ3v) is 8.45. The fourth-order valence-corrected chi connectivity index (χ4v) is 6.58. The maximum Gasteiger partial charge on any atom is 0.231 e. The van der Waals surface area contributed by atoms with E-state index in [-0.39, 0.29) is 29.3 Å². The van der Waals surface area contributed by atoms with Crippen LogP contribution in [0.1, 0.15) is 74.8 Å². The predicted molar refractivity (Wildman–Crippen MR) is 140 cm³/mol. The van der Waals surface area contributed by atoms with Crippen LogP contribution >= 0.6 is 0 Å². The van der Waals surface area contributed by atoms with Gasteiger partial charge in [-0.05, 0) is 50.7 Å². The van der Waals surface area contributed by atoms with Crippen molar-refractivity contribution in [3.05, 3.63) is 53.6 Å². The Balaban J connectivity index is 1.25. The molecule has 4 heterocycles. The SMILES string of the molecule is C[C@@H]1C[C@@H](O)c2ncnc(N3CCN(C(=O)[C@@H](c4c[nH]c5ccccc45)[C@@H]4CCC(C)(C)N4)CC3)c21. The quantitative estimate of drug-likeness (QED) is 0.520. The molecule has 190 valence electrons. The van der Waals surface area contributed by atoms with E-state index in [1.807, 2.05) is 23.2 Å². The summed E-state index contributed by atoms with van der Waals surface area (Å²) in [4.78, 5) is 30.8. The highest BCUT2D eigenvalue weighted by Gasteiger charge is 2.42. The molecule has 2 fully saturated rings. The first kappa shape index (κ1) is 23.4. The third-order valence-electron chi connectivity index (χ3n) is 8.45. The highest BCUT2D eigenvalue weighted by atomic mass is 16.3. The fourth-order valence-electron chi connectivity index (χ4n) is 6.58. The summed E-state index contributed by atoms with van der Waals surface area (Å²) in [7, 11) is 0. The molecule has 36 heavy (non-hydrogen) atoms. The monoisotopic (exact) mass is 488 g/mol. The number of H-pyrrole nitrogens is 1. The number of benzene rings is 1. The molecule has 2 saturated heterocycles. The molecule has 3 N–H and O–H groups in total. The standard InChI is InChI=1S/C28H36N6O2/c1-17-14-22(35)25-23(17)26(31-16-30-25)33-10-12-34(13-11-33)27(36)24(21-8-9-28(2,3)32-21)19-15-29-20-7-5-4-6-18(19)20/h4-7,15-17,21-22,24,29,32,35H,8-14H2,1-3H3/t17-,21+,22-,24+/m1/s1. The number of piperazine rings is 1. The summed E-state index contributed by atoms with van der Waals surface area (Å²) in [6, 6.07) is 8.37. The summed E-state index contributed by atoms with van der Waals surface area (Å²) >= 11 is 0. The second-order valence-corrected chi connectivity index (χ2v) is 11.4. The maximum absolute atomic E-state index is 14.2. The highest BCUT2D eigenvalue weighted by Crippen LogP contribution is 2.43. The molecule has 4 atom stereocenters. The van der Waals surface area contributed by atoms with E-state index in [0.717, 1.165) is 59.5 Å². The summed E-state index contributed by atoms with van der Waals surface area (Å²) in [5.74, 6) is 1.12. The van der Waals surface area contributed by atoms with Crippen molar-refractivity contribution in [2.24, 2.45) is 0 Å².